The predicted octanol–water partition coefficient (Wildman–Crippen LogP) is 1.70. The highest BCUT2D eigenvalue weighted by atomic mass is 35.5. The Morgan fingerprint density at radius 1 is 1.46 bits per heavy atom. The van der Waals surface area contributed by atoms with Gasteiger partial charge in [-0.05, 0) is 12.1 Å². The van der Waals surface area contributed by atoms with Crippen molar-refractivity contribution in [3.8, 4) is 0 Å². The smallest absolute Gasteiger partial charge is 0.340 e. The van der Waals surface area contributed by atoms with Crippen LogP contribution in [-0.2, 0) is 9.53 Å². The highest BCUT2D eigenvalue weighted by Crippen LogP contribution is 2.15. The predicted molar refractivity (Wildman–Crippen MR) is 47.8 cm³/mol. The van der Waals surface area contributed by atoms with E-state index in [2.05, 4.69) is 4.74 Å². The van der Waals surface area contributed by atoms with Gasteiger partial charge in [0.15, 0.2) is 6.29 Å². The van der Waals surface area contributed by atoms with Crippen LogP contribution in [0.25, 0.3) is 0 Å². The average Bonchev–Trinajstić information content (AvgIpc) is 2.15. The molecule has 0 spiro atoms. The van der Waals surface area contributed by atoms with Crippen molar-refractivity contribution in [3.05, 3.63) is 34.9 Å². The minimum Gasteiger partial charge on any atom is -0.454 e. The first-order valence-electron chi connectivity index (χ1n) is 3.61. The van der Waals surface area contributed by atoms with Gasteiger partial charge < -0.3 is 4.74 Å². The molecule has 0 saturated carbocycles. The summed E-state index contributed by atoms with van der Waals surface area (Å²) in [5.74, 6) is -0.585. The van der Waals surface area contributed by atoms with Crippen molar-refractivity contribution in [2.75, 3.05) is 6.61 Å². The maximum Gasteiger partial charge on any atom is 0.340 e. The van der Waals surface area contributed by atoms with E-state index in [0.29, 0.717) is 11.3 Å². The molecule has 1 aromatic rings. The van der Waals surface area contributed by atoms with Crippen molar-refractivity contribution in [1.29, 1.82) is 0 Å². The average molecular weight is 199 g/mol. The van der Waals surface area contributed by atoms with Gasteiger partial charge in [-0.1, -0.05) is 23.7 Å². The van der Waals surface area contributed by atoms with Crippen molar-refractivity contribution in [1.82, 2.24) is 0 Å². The molecule has 0 radical (unpaired) electrons. The van der Waals surface area contributed by atoms with Crippen LogP contribution in [0.2, 0.25) is 5.02 Å². The van der Waals surface area contributed by atoms with E-state index in [-0.39, 0.29) is 12.2 Å². The second-order valence-electron chi connectivity index (χ2n) is 2.24. The van der Waals surface area contributed by atoms with E-state index < -0.39 is 5.97 Å². The molecule has 0 aliphatic carbocycles. The van der Waals surface area contributed by atoms with Crippen LogP contribution >= 0.6 is 11.6 Å². The first kappa shape index (κ1) is 9.74. The van der Waals surface area contributed by atoms with Gasteiger partial charge in [0.05, 0.1) is 10.6 Å². The molecule has 68 valence electrons. The number of carbonyl (C=O) groups excluding carboxylic acids is 2. The van der Waals surface area contributed by atoms with E-state index in [0.717, 1.165) is 0 Å². The number of ether oxygens (including phenoxy) is 1. The summed E-state index contributed by atoms with van der Waals surface area (Å²) in [5.41, 5.74) is 0.269. The third-order valence-corrected chi connectivity index (χ3v) is 1.71. The fraction of sp³-hybridized carbons (Fsp3) is 0.111. The molecule has 4 heteroatoms. The number of hydrogen-bond donors (Lipinski definition) is 0. The summed E-state index contributed by atoms with van der Waals surface area (Å²) in [7, 11) is 0. The molecule has 0 aromatic heterocycles. The van der Waals surface area contributed by atoms with Gasteiger partial charge in [0.2, 0.25) is 0 Å². The molecular weight excluding hydrogens is 192 g/mol. The molecule has 0 fully saturated rings. The zero-order valence-electron chi connectivity index (χ0n) is 6.70. The lowest BCUT2D eigenvalue weighted by molar-refractivity contribution is -0.110. The lowest BCUT2D eigenvalue weighted by Crippen LogP contribution is -2.07. The largest absolute Gasteiger partial charge is 0.454 e. The number of halogens is 1. The van der Waals surface area contributed by atoms with Gasteiger partial charge in [-0.3, -0.25) is 4.79 Å². The Bertz CT molecular complexity index is 322. The van der Waals surface area contributed by atoms with Crippen LogP contribution in [0.3, 0.4) is 0 Å². The van der Waals surface area contributed by atoms with Gasteiger partial charge in [-0.2, -0.15) is 0 Å². The number of hydrogen-bond acceptors (Lipinski definition) is 3. The fourth-order valence-corrected chi connectivity index (χ4v) is 1.03. The fourth-order valence-electron chi connectivity index (χ4n) is 0.814. The summed E-state index contributed by atoms with van der Waals surface area (Å²) >= 11 is 5.71. The molecule has 0 N–H and O–H groups in total. The van der Waals surface area contributed by atoms with Crippen LogP contribution in [0.15, 0.2) is 24.3 Å². The molecule has 0 amide bonds. The van der Waals surface area contributed by atoms with Crippen LogP contribution < -0.4 is 0 Å². The number of aldehydes is 1. The minimum atomic E-state index is -0.585. The molecule has 0 unspecified atom stereocenters. The van der Waals surface area contributed by atoms with E-state index in [1.54, 1.807) is 18.2 Å². The lowest BCUT2D eigenvalue weighted by Gasteiger charge is -2.01. The highest BCUT2D eigenvalue weighted by Gasteiger charge is 2.09. The second kappa shape index (κ2) is 4.62. The van der Waals surface area contributed by atoms with E-state index >= 15 is 0 Å². The molecular formula is C9H7ClO3. The summed E-state index contributed by atoms with van der Waals surface area (Å²) in [5, 5.41) is 0.318. The summed E-state index contributed by atoms with van der Waals surface area (Å²) in [6, 6.07) is 6.50. The summed E-state index contributed by atoms with van der Waals surface area (Å²) < 4.78 is 4.57. The number of esters is 1. The van der Waals surface area contributed by atoms with Crippen LogP contribution in [0, 0.1) is 0 Å². The van der Waals surface area contributed by atoms with Crippen molar-refractivity contribution in [2.45, 2.75) is 0 Å². The molecule has 0 saturated heterocycles. The van der Waals surface area contributed by atoms with Crippen molar-refractivity contribution < 1.29 is 14.3 Å². The Balaban J connectivity index is 2.76. The normalized spacial score (nSPS) is 9.31. The molecule has 0 aliphatic heterocycles. The van der Waals surface area contributed by atoms with Crippen molar-refractivity contribution >= 4 is 23.9 Å². The Morgan fingerprint density at radius 2 is 2.15 bits per heavy atom. The van der Waals surface area contributed by atoms with Crippen LogP contribution in [0.5, 0.6) is 0 Å². The summed E-state index contributed by atoms with van der Waals surface area (Å²) in [6.45, 7) is -0.246. The minimum absolute atomic E-state index is 0.246. The number of benzene rings is 1. The quantitative estimate of drug-likeness (QED) is 0.549. The molecule has 0 heterocycles. The standard InChI is InChI=1S/C9H7ClO3/c10-8-4-2-1-3-7(8)9(12)13-6-5-11/h1-5H,6H2. The molecule has 3 nitrogen and oxygen atoms in total. The Hall–Kier alpha value is -1.35. The lowest BCUT2D eigenvalue weighted by atomic mass is 10.2. The Morgan fingerprint density at radius 3 is 2.77 bits per heavy atom. The van der Waals surface area contributed by atoms with E-state index in [1.807, 2.05) is 0 Å². The Kier molecular flexibility index (Phi) is 3.46. The van der Waals surface area contributed by atoms with Gasteiger partial charge in [0, 0.05) is 0 Å². The zero-order valence-corrected chi connectivity index (χ0v) is 7.45. The zero-order chi connectivity index (χ0) is 9.68. The van der Waals surface area contributed by atoms with Gasteiger partial charge in [-0.15, -0.1) is 0 Å². The van der Waals surface area contributed by atoms with Crippen molar-refractivity contribution in [3.63, 3.8) is 0 Å². The van der Waals surface area contributed by atoms with Gasteiger partial charge in [-0.25, -0.2) is 4.79 Å². The first-order valence-corrected chi connectivity index (χ1v) is 3.99. The second-order valence-corrected chi connectivity index (χ2v) is 2.65. The monoisotopic (exact) mass is 198 g/mol. The summed E-state index contributed by atoms with van der Waals surface area (Å²) in [6.07, 6.45) is 0.509. The van der Waals surface area contributed by atoms with Gasteiger partial charge in [0.25, 0.3) is 0 Å². The van der Waals surface area contributed by atoms with E-state index in [1.165, 1.54) is 6.07 Å². The van der Waals surface area contributed by atoms with Gasteiger partial charge >= 0.3 is 5.97 Å². The Labute approximate surface area is 80.3 Å². The first-order chi connectivity index (χ1) is 6.25. The van der Waals surface area contributed by atoms with Crippen molar-refractivity contribution in [2.24, 2.45) is 0 Å². The SMILES string of the molecule is O=CCOC(=O)c1ccccc1Cl. The summed E-state index contributed by atoms with van der Waals surface area (Å²) in [4.78, 5) is 21.1. The maximum atomic E-state index is 11.2. The van der Waals surface area contributed by atoms with Crippen LogP contribution in [0.4, 0.5) is 0 Å². The van der Waals surface area contributed by atoms with E-state index in [4.69, 9.17) is 11.6 Å². The molecule has 0 aliphatic rings. The maximum absolute atomic E-state index is 11.2. The topological polar surface area (TPSA) is 43.4 Å². The molecule has 1 aromatic carbocycles. The van der Waals surface area contributed by atoms with E-state index in [9.17, 15) is 9.59 Å². The third-order valence-electron chi connectivity index (χ3n) is 1.38. The highest BCUT2D eigenvalue weighted by molar-refractivity contribution is 6.33. The molecule has 13 heavy (non-hydrogen) atoms. The van der Waals surface area contributed by atoms with Crippen LogP contribution in [0.1, 0.15) is 10.4 Å². The molecule has 0 atom stereocenters. The molecule has 1 rings (SSSR count). The van der Waals surface area contributed by atoms with Crippen LogP contribution in [-0.4, -0.2) is 18.9 Å². The molecule has 0 bridgehead atoms. The third kappa shape index (κ3) is 2.56. The number of rotatable bonds is 3. The number of carbonyl (C=O) groups is 2. The van der Waals surface area contributed by atoms with Gasteiger partial charge in [0.1, 0.15) is 6.61 Å².